The second-order valence-electron chi connectivity index (χ2n) is 8.16. The van der Waals surface area contributed by atoms with E-state index in [4.69, 9.17) is 22.4 Å². The van der Waals surface area contributed by atoms with Gasteiger partial charge in [-0.15, -0.1) is 0 Å². The molecule has 0 spiro atoms. The van der Waals surface area contributed by atoms with Gasteiger partial charge < -0.3 is 19.1 Å². The number of ketones is 1. The van der Waals surface area contributed by atoms with Crippen molar-refractivity contribution in [2.75, 3.05) is 27.2 Å². The van der Waals surface area contributed by atoms with Gasteiger partial charge in [-0.05, 0) is 57.2 Å². The van der Waals surface area contributed by atoms with Crippen LogP contribution in [-0.4, -0.2) is 49.5 Å². The molecule has 1 aromatic rings. The summed E-state index contributed by atoms with van der Waals surface area (Å²) in [5.41, 5.74) is 0.771. The number of carbonyl (C=O) groups excluding carboxylic acids is 2. The molecule has 0 aromatic heterocycles. The van der Waals surface area contributed by atoms with Crippen molar-refractivity contribution in [3.05, 3.63) is 34.9 Å². The van der Waals surface area contributed by atoms with Crippen LogP contribution in [0.4, 0.5) is 4.79 Å². The minimum absolute atomic E-state index is 0.0862. The summed E-state index contributed by atoms with van der Waals surface area (Å²) in [6.07, 6.45) is 3.15. The standard InChI is InChI=1S/C22H29NO5/c1-22(2,3)28-21(25)23-8-6-14(7-9-23)10-16-11-15-12-18(26-4)19(27-5)13-17(15)20(16)24/h10,12-14H,6-9,11H2,1-5H3/b16-10-/i4D3,5D3. The first kappa shape index (κ1) is 13.6. The lowest BCUT2D eigenvalue weighted by Crippen LogP contribution is -2.41. The van der Waals surface area contributed by atoms with Gasteiger partial charge in [0.15, 0.2) is 17.3 Å². The van der Waals surface area contributed by atoms with E-state index in [2.05, 4.69) is 0 Å². The lowest BCUT2D eigenvalue weighted by molar-refractivity contribution is 0.0197. The van der Waals surface area contributed by atoms with Crippen LogP contribution in [0.25, 0.3) is 0 Å². The molecule has 0 atom stereocenters. The summed E-state index contributed by atoms with van der Waals surface area (Å²) in [5, 5.41) is 0. The quantitative estimate of drug-likeness (QED) is 0.726. The van der Waals surface area contributed by atoms with Crippen LogP contribution < -0.4 is 9.47 Å². The summed E-state index contributed by atoms with van der Waals surface area (Å²) in [6.45, 7) is 6.47. The van der Waals surface area contributed by atoms with Crippen LogP contribution in [0.5, 0.6) is 11.5 Å². The zero-order valence-electron chi connectivity index (χ0n) is 22.3. The molecule has 1 amide bonds. The van der Waals surface area contributed by atoms with Crippen molar-refractivity contribution in [3.63, 3.8) is 0 Å². The van der Waals surface area contributed by atoms with Gasteiger partial charge in [-0.1, -0.05) is 6.08 Å². The summed E-state index contributed by atoms with van der Waals surface area (Å²) in [6, 6.07) is 2.59. The van der Waals surface area contributed by atoms with Crippen LogP contribution in [0.3, 0.4) is 0 Å². The average Bonchev–Trinajstić information content (AvgIpc) is 2.94. The molecular formula is C22H29NO5. The molecule has 6 heteroatoms. The Hall–Kier alpha value is -2.50. The molecule has 0 unspecified atom stereocenters. The number of rotatable bonds is 3. The number of ether oxygens (including phenoxy) is 3. The fourth-order valence-electron chi connectivity index (χ4n) is 3.57. The molecular weight excluding hydrogens is 358 g/mol. The van der Waals surface area contributed by atoms with Gasteiger partial charge in [0, 0.05) is 30.6 Å². The van der Waals surface area contributed by atoms with E-state index in [9.17, 15) is 9.59 Å². The Kier molecular flexibility index (Phi) is 3.83. The van der Waals surface area contributed by atoms with Crippen LogP contribution in [0.15, 0.2) is 23.8 Å². The second kappa shape index (κ2) is 7.86. The van der Waals surface area contributed by atoms with Gasteiger partial charge in [-0.25, -0.2) is 4.79 Å². The van der Waals surface area contributed by atoms with E-state index in [1.165, 1.54) is 12.1 Å². The number of piperidine rings is 1. The summed E-state index contributed by atoms with van der Waals surface area (Å²) in [5.74, 6) is -0.756. The second-order valence-corrected chi connectivity index (χ2v) is 8.16. The van der Waals surface area contributed by atoms with E-state index >= 15 is 0 Å². The van der Waals surface area contributed by atoms with Gasteiger partial charge in [0.1, 0.15) is 5.60 Å². The summed E-state index contributed by atoms with van der Waals surface area (Å²) in [7, 11) is -5.66. The van der Waals surface area contributed by atoms with Crippen LogP contribution in [0.1, 0.15) is 57.8 Å². The van der Waals surface area contributed by atoms with Gasteiger partial charge in [0.05, 0.1) is 22.3 Å². The monoisotopic (exact) mass is 393 g/mol. The molecule has 1 fully saturated rings. The number of likely N-dealkylation sites (tertiary alicyclic amines) is 1. The molecule has 2 aliphatic rings. The van der Waals surface area contributed by atoms with Crippen LogP contribution in [0.2, 0.25) is 0 Å². The maximum atomic E-state index is 13.0. The molecule has 1 aromatic carbocycles. The molecule has 6 nitrogen and oxygen atoms in total. The van der Waals surface area contributed by atoms with E-state index in [0.29, 0.717) is 37.1 Å². The van der Waals surface area contributed by atoms with E-state index in [1.54, 1.807) is 4.90 Å². The van der Waals surface area contributed by atoms with Crippen LogP contribution >= 0.6 is 0 Å². The predicted octanol–water partition coefficient (Wildman–Crippen LogP) is 4.02. The number of Topliss-reactive ketones (excluding diaryl/α,β-unsaturated/α-hetero) is 1. The SMILES string of the molecule is [2H]C([2H])([2H])Oc1cc2c(cc1OC([2H])([2H])[2H])C(=O)/C(=C\C1CCN(C(=O)OC(C)(C)C)CC1)C2. The predicted molar refractivity (Wildman–Crippen MR) is 106 cm³/mol. The highest BCUT2D eigenvalue weighted by atomic mass is 16.6. The highest BCUT2D eigenvalue weighted by molar-refractivity contribution is 6.13. The zero-order chi connectivity index (χ0) is 25.5. The Labute approximate surface area is 174 Å². The van der Waals surface area contributed by atoms with E-state index in [0.717, 1.165) is 0 Å². The Morgan fingerprint density at radius 3 is 2.43 bits per heavy atom. The van der Waals surface area contributed by atoms with Gasteiger partial charge >= 0.3 is 6.09 Å². The van der Waals surface area contributed by atoms with E-state index < -0.39 is 19.7 Å². The van der Waals surface area contributed by atoms with Crippen LogP contribution in [0, 0.1) is 5.92 Å². The number of nitrogens with zero attached hydrogens (tertiary/aromatic N) is 1. The molecule has 1 heterocycles. The topological polar surface area (TPSA) is 65.1 Å². The Bertz CT molecular complexity index is 985. The number of hydrogen-bond acceptors (Lipinski definition) is 5. The third-order valence-corrected chi connectivity index (χ3v) is 4.93. The van der Waals surface area contributed by atoms with Gasteiger partial charge in [0.2, 0.25) is 0 Å². The maximum absolute atomic E-state index is 13.0. The lowest BCUT2D eigenvalue weighted by Gasteiger charge is -2.32. The molecule has 0 saturated carbocycles. The molecule has 0 N–H and O–H groups in total. The fraction of sp³-hybridized carbons (Fsp3) is 0.545. The summed E-state index contributed by atoms with van der Waals surface area (Å²) in [4.78, 5) is 26.9. The summed E-state index contributed by atoms with van der Waals surface area (Å²) >= 11 is 0. The van der Waals surface area contributed by atoms with Gasteiger partial charge in [-0.3, -0.25) is 4.79 Å². The molecule has 0 radical (unpaired) electrons. The molecule has 3 rings (SSSR count). The van der Waals surface area contributed by atoms with Crippen molar-refractivity contribution >= 4 is 11.9 Å². The molecule has 152 valence electrons. The Balaban J connectivity index is 1.75. The molecule has 1 saturated heterocycles. The van der Waals surface area contributed by atoms with Gasteiger partial charge in [0.25, 0.3) is 0 Å². The Morgan fingerprint density at radius 2 is 1.82 bits per heavy atom. The van der Waals surface area contributed by atoms with E-state index in [-0.39, 0.29) is 41.3 Å². The molecule has 1 aliphatic carbocycles. The first-order valence-electron chi connectivity index (χ1n) is 12.3. The fourth-order valence-corrected chi connectivity index (χ4v) is 3.57. The maximum Gasteiger partial charge on any atom is 0.410 e. The van der Waals surface area contributed by atoms with Crippen molar-refractivity contribution in [2.45, 2.75) is 45.6 Å². The zero-order valence-corrected chi connectivity index (χ0v) is 16.3. The van der Waals surface area contributed by atoms with Crippen molar-refractivity contribution in [1.82, 2.24) is 4.90 Å². The van der Waals surface area contributed by atoms with Crippen LogP contribution in [-0.2, 0) is 11.2 Å². The number of benzene rings is 1. The third kappa shape index (κ3) is 4.32. The normalized spacial score (nSPS) is 23.0. The number of fused-ring (bicyclic) bond motifs is 1. The van der Waals surface area contributed by atoms with Crippen molar-refractivity contribution in [1.29, 1.82) is 0 Å². The lowest BCUT2D eigenvalue weighted by atomic mass is 9.93. The third-order valence-electron chi connectivity index (χ3n) is 4.93. The minimum Gasteiger partial charge on any atom is -0.493 e. The first-order chi connectivity index (χ1) is 15.5. The van der Waals surface area contributed by atoms with Gasteiger partial charge in [-0.2, -0.15) is 0 Å². The highest BCUT2D eigenvalue weighted by Crippen LogP contribution is 2.37. The molecule has 1 aliphatic heterocycles. The minimum atomic E-state index is -2.84. The number of allylic oxidation sites excluding steroid dienone is 2. The molecule has 0 bridgehead atoms. The number of amides is 1. The largest absolute Gasteiger partial charge is 0.493 e. The summed E-state index contributed by atoms with van der Waals surface area (Å²) < 4.78 is 59.3. The number of hydrogen-bond donors (Lipinski definition) is 0. The van der Waals surface area contributed by atoms with E-state index in [1.807, 2.05) is 26.8 Å². The van der Waals surface area contributed by atoms with Crippen molar-refractivity contribution in [2.24, 2.45) is 5.92 Å². The van der Waals surface area contributed by atoms with Crippen molar-refractivity contribution < 1.29 is 32.0 Å². The highest BCUT2D eigenvalue weighted by Gasteiger charge is 2.30. The Morgan fingerprint density at radius 1 is 1.18 bits per heavy atom. The average molecular weight is 394 g/mol. The first-order valence-corrected chi connectivity index (χ1v) is 9.29. The van der Waals surface area contributed by atoms with Crippen molar-refractivity contribution in [3.8, 4) is 11.5 Å². The number of methoxy groups -OCH3 is 2. The number of carbonyl (C=O) groups is 2. The smallest absolute Gasteiger partial charge is 0.410 e. The molecule has 28 heavy (non-hydrogen) atoms.